The summed E-state index contributed by atoms with van der Waals surface area (Å²) in [5.74, 6) is -0.309. The molecule has 1 aromatic carbocycles. The fraction of sp³-hybridized carbons (Fsp3) is 0.455. The number of anilines is 1. The van der Waals surface area contributed by atoms with Crippen molar-refractivity contribution in [3.05, 3.63) is 59.9 Å². The number of hydrazine groups is 1. The van der Waals surface area contributed by atoms with Crippen LogP contribution >= 0.6 is 0 Å². The minimum Gasteiger partial charge on any atom is -0.296 e. The summed E-state index contributed by atoms with van der Waals surface area (Å²) in [5.41, 5.74) is 6.57. The summed E-state index contributed by atoms with van der Waals surface area (Å²) in [5, 5.41) is 0. The van der Waals surface area contributed by atoms with Crippen LogP contribution in [-0.2, 0) is 16.8 Å². The van der Waals surface area contributed by atoms with Crippen LogP contribution in [0.4, 0.5) is 5.69 Å². The van der Waals surface area contributed by atoms with Crippen molar-refractivity contribution in [2.75, 3.05) is 31.0 Å². The Morgan fingerprint density at radius 2 is 1.78 bits per heavy atom. The molecule has 3 rings (SSSR count). The van der Waals surface area contributed by atoms with Gasteiger partial charge < -0.3 is 0 Å². The molecule has 174 valence electrons. The van der Waals surface area contributed by atoms with Gasteiger partial charge in [0.15, 0.2) is 0 Å². The Morgan fingerprint density at radius 1 is 1.12 bits per heavy atom. The maximum atomic E-state index is 13.8. The first-order valence-electron chi connectivity index (χ1n) is 10.8. The van der Waals surface area contributed by atoms with E-state index >= 15 is 0 Å². The van der Waals surface area contributed by atoms with Crippen molar-refractivity contribution in [1.29, 1.82) is 0 Å². The van der Waals surface area contributed by atoms with Gasteiger partial charge in [-0.2, -0.15) is 12.7 Å². The van der Waals surface area contributed by atoms with Crippen molar-refractivity contribution >= 4 is 21.8 Å². The number of hydrogen-bond donors (Lipinski definition) is 2. The predicted molar refractivity (Wildman–Crippen MR) is 125 cm³/mol. The Labute approximate surface area is 190 Å². The standard InChI is InChI=1S/C22H32N6O3S/c1-5-27-17(2)14-26(15-18(27)3)32(30,31)28(21-9-7-6-8-10-21)16-20-12-11-19(13-24-20)22(29)25-23-4/h6-13,17-18,23H,5,14-16H2,1-4H3,(H,25,29)/t17-,18+. The van der Waals surface area contributed by atoms with Crippen molar-refractivity contribution < 1.29 is 13.2 Å². The first-order valence-corrected chi connectivity index (χ1v) is 12.2. The third-order valence-corrected chi connectivity index (χ3v) is 7.56. The van der Waals surface area contributed by atoms with Gasteiger partial charge in [0, 0.05) is 38.4 Å². The summed E-state index contributed by atoms with van der Waals surface area (Å²) in [4.78, 5) is 18.6. The molecule has 0 bridgehead atoms. The van der Waals surface area contributed by atoms with Crippen LogP contribution in [0.3, 0.4) is 0 Å². The molecule has 0 aliphatic carbocycles. The molecule has 2 N–H and O–H groups in total. The second-order valence-electron chi connectivity index (χ2n) is 7.94. The Balaban J connectivity index is 1.89. The van der Waals surface area contributed by atoms with E-state index in [2.05, 4.69) is 41.5 Å². The van der Waals surface area contributed by atoms with E-state index in [1.165, 1.54) is 10.5 Å². The summed E-state index contributed by atoms with van der Waals surface area (Å²) in [6.45, 7) is 8.03. The number of likely N-dealkylation sites (N-methyl/N-ethyl adjacent to an activating group) is 1. The van der Waals surface area contributed by atoms with Crippen LogP contribution in [0.5, 0.6) is 0 Å². The molecular formula is C22H32N6O3S. The van der Waals surface area contributed by atoms with Crippen molar-refractivity contribution in [1.82, 2.24) is 25.0 Å². The molecule has 2 atom stereocenters. The van der Waals surface area contributed by atoms with E-state index in [1.54, 1.807) is 35.6 Å². The van der Waals surface area contributed by atoms with E-state index < -0.39 is 10.2 Å². The Bertz CT molecular complexity index is 988. The number of aromatic nitrogens is 1. The molecule has 1 amide bonds. The van der Waals surface area contributed by atoms with Crippen LogP contribution in [0, 0.1) is 0 Å². The third kappa shape index (κ3) is 5.26. The van der Waals surface area contributed by atoms with Gasteiger partial charge in [-0.15, -0.1) is 0 Å². The summed E-state index contributed by atoms with van der Waals surface area (Å²) < 4.78 is 30.5. The van der Waals surface area contributed by atoms with E-state index in [1.807, 2.05) is 18.2 Å². The van der Waals surface area contributed by atoms with Crippen LogP contribution < -0.4 is 15.2 Å². The van der Waals surface area contributed by atoms with Crippen molar-refractivity contribution in [3.63, 3.8) is 0 Å². The highest BCUT2D eigenvalue weighted by molar-refractivity contribution is 7.90. The molecule has 9 nitrogen and oxygen atoms in total. The highest BCUT2D eigenvalue weighted by atomic mass is 32.2. The number of rotatable bonds is 8. The highest BCUT2D eigenvalue weighted by Gasteiger charge is 2.38. The second-order valence-corrected chi connectivity index (χ2v) is 9.79. The molecule has 1 aromatic heterocycles. The summed E-state index contributed by atoms with van der Waals surface area (Å²) in [6, 6.07) is 12.6. The molecule has 1 aliphatic heterocycles. The molecular weight excluding hydrogens is 428 g/mol. The number of carbonyl (C=O) groups is 1. The number of nitrogens with one attached hydrogen (secondary N) is 2. The zero-order valence-corrected chi connectivity index (χ0v) is 19.8. The lowest BCUT2D eigenvalue weighted by Crippen LogP contribution is -2.60. The molecule has 1 saturated heterocycles. The minimum atomic E-state index is -3.80. The van der Waals surface area contributed by atoms with Gasteiger partial charge in [0.25, 0.3) is 5.91 Å². The highest BCUT2D eigenvalue weighted by Crippen LogP contribution is 2.26. The van der Waals surface area contributed by atoms with Gasteiger partial charge in [-0.05, 0) is 44.7 Å². The number of nitrogens with zero attached hydrogens (tertiary/aromatic N) is 4. The second kappa shape index (κ2) is 10.4. The zero-order valence-electron chi connectivity index (χ0n) is 19.0. The Kier molecular flexibility index (Phi) is 7.83. The molecule has 2 aromatic rings. The first-order chi connectivity index (χ1) is 15.3. The van der Waals surface area contributed by atoms with Gasteiger partial charge in [-0.3, -0.25) is 24.4 Å². The fourth-order valence-electron chi connectivity index (χ4n) is 4.14. The van der Waals surface area contributed by atoms with Crippen molar-refractivity contribution in [3.8, 4) is 0 Å². The summed E-state index contributed by atoms with van der Waals surface area (Å²) in [7, 11) is -2.20. The van der Waals surface area contributed by atoms with E-state index in [0.717, 1.165) is 6.54 Å². The molecule has 0 saturated carbocycles. The van der Waals surface area contributed by atoms with Gasteiger partial charge in [0.2, 0.25) is 0 Å². The predicted octanol–water partition coefficient (Wildman–Crippen LogP) is 1.61. The quantitative estimate of drug-likeness (QED) is 0.581. The maximum Gasteiger partial charge on any atom is 0.304 e. The van der Waals surface area contributed by atoms with Gasteiger partial charge in [-0.1, -0.05) is 25.1 Å². The number of hydrogen-bond acceptors (Lipinski definition) is 6. The van der Waals surface area contributed by atoms with E-state index in [4.69, 9.17) is 0 Å². The lowest BCUT2D eigenvalue weighted by Gasteiger charge is -2.44. The molecule has 1 fully saturated rings. The van der Waals surface area contributed by atoms with Gasteiger partial charge in [-0.25, -0.2) is 5.43 Å². The zero-order chi connectivity index (χ0) is 23.3. The molecule has 0 radical (unpaired) electrons. The summed E-state index contributed by atoms with van der Waals surface area (Å²) >= 11 is 0. The Hall–Kier alpha value is -2.53. The van der Waals surface area contributed by atoms with Gasteiger partial charge in [0.1, 0.15) is 0 Å². The van der Waals surface area contributed by atoms with Crippen molar-refractivity contribution in [2.45, 2.75) is 39.4 Å². The number of pyridine rings is 1. The van der Waals surface area contributed by atoms with Crippen LogP contribution in [0.15, 0.2) is 48.7 Å². The lowest BCUT2D eigenvalue weighted by atomic mass is 10.1. The van der Waals surface area contributed by atoms with Crippen LogP contribution in [0.1, 0.15) is 36.8 Å². The summed E-state index contributed by atoms with van der Waals surface area (Å²) in [6.07, 6.45) is 1.45. The van der Waals surface area contributed by atoms with Gasteiger partial charge in [0.05, 0.1) is 23.5 Å². The number of benzene rings is 1. The van der Waals surface area contributed by atoms with E-state index in [9.17, 15) is 13.2 Å². The molecule has 10 heteroatoms. The lowest BCUT2D eigenvalue weighted by molar-refractivity contribution is 0.0827. The monoisotopic (exact) mass is 460 g/mol. The number of piperazine rings is 1. The molecule has 1 aliphatic rings. The van der Waals surface area contributed by atoms with E-state index in [0.29, 0.717) is 30.0 Å². The molecule has 0 spiro atoms. The smallest absolute Gasteiger partial charge is 0.296 e. The average Bonchev–Trinajstić information content (AvgIpc) is 2.78. The van der Waals surface area contributed by atoms with Crippen LogP contribution in [0.25, 0.3) is 0 Å². The normalized spacial score (nSPS) is 20.1. The number of para-hydroxylation sites is 1. The molecule has 2 heterocycles. The fourth-order valence-corrected chi connectivity index (χ4v) is 5.92. The maximum absolute atomic E-state index is 13.8. The average molecular weight is 461 g/mol. The number of carbonyl (C=O) groups excluding carboxylic acids is 1. The van der Waals surface area contributed by atoms with Crippen LogP contribution in [0.2, 0.25) is 0 Å². The number of amides is 1. The Morgan fingerprint density at radius 3 is 2.31 bits per heavy atom. The minimum absolute atomic E-state index is 0.0665. The first kappa shape index (κ1) is 24.1. The topological polar surface area (TPSA) is 97.9 Å². The van der Waals surface area contributed by atoms with Crippen LogP contribution in [-0.4, -0.2) is 67.3 Å². The third-order valence-electron chi connectivity index (χ3n) is 5.71. The SMILES string of the molecule is CCN1[C@H](C)CN(S(=O)(=O)N(Cc2ccc(C(=O)NNC)cn2)c2ccccc2)C[C@@H]1C. The van der Waals surface area contributed by atoms with E-state index in [-0.39, 0.29) is 24.5 Å². The van der Waals surface area contributed by atoms with Gasteiger partial charge >= 0.3 is 10.2 Å². The largest absolute Gasteiger partial charge is 0.304 e. The van der Waals surface area contributed by atoms with Crippen molar-refractivity contribution in [2.24, 2.45) is 0 Å². The molecule has 0 unspecified atom stereocenters. The molecule has 32 heavy (non-hydrogen) atoms.